The third-order valence-electron chi connectivity index (χ3n) is 4.57. The third-order valence-corrected chi connectivity index (χ3v) is 4.57. The van der Waals surface area contributed by atoms with Crippen LogP contribution in [0.4, 0.5) is 0 Å². The van der Waals surface area contributed by atoms with Crippen molar-refractivity contribution in [3.63, 3.8) is 0 Å². The van der Waals surface area contributed by atoms with Crippen LogP contribution in [0.25, 0.3) is 0 Å². The molecule has 1 fully saturated rings. The molecular formula is C16H28N2O. The molecule has 0 radical (unpaired) electrons. The quantitative estimate of drug-likeness (QED) is 0.763. The Morgan fingerprint density at radius 2 is 1.95 bits per heavy atom. The highest BCUT2D eigenvalue weighted by atomic mass is 16.2. The molecule has 2 unspecified atom stereocenters. The number of nitriles is 1. The summed E-state index contributed by atoms with van der Waals surface area (Å²) >= 11 is 0. The monoisotopic (exact) mass is 264 g/mol. The van der Waals surface area contributed by atoms with Gasteiger partial charge in [-0.05, 0) is 31.1 Å². The van der Waals surface area contributed by atoms with Gasteiger partial charge in [-0.15, -0.1) is 0 Å². The van der Waals surface area contributed by atoms with Gasteiger partial charge in [0.25, 0.3) is 0 Å². The molecular weight excluding hydrogens is 236 g/mol. The van der Waals surface area contributed by atoms with E-state index in [0.29, 0.717) is 24.7 Å². The summed E-state index contributed by atoms with van der Waals surface area (Å²) in [6.45, 7) is 7.08. The van der Waals surface area contributed by atoms with Gasteiger partial charge in [-0.2, -0.15) is 5.26 Å². The van der Waals surface area contributed by atoms with Gasteiger partial charge in [0.05, 0.1) is 6.07 Å². The fourth-order valence-electron chi connectivity index (χ4n) is 3.29. The van der Waals surface area contributed by atoms with E-state index in [2.05, 4.69) is 18.3 Å². The number of rotatable bonds is 7. The lowest BCUT2D eigenvalue weighted by Gasteiger charge is -2.26. The van der Waals surface area contributed by atoms with E-state index in [1.807, 2.05) is 13.8 Å². The van der Waals surface area contributed by atoms with Gasteiger partial charge < -0.3 is 5.32 Å². The lowest BCUT2D eigenvalue weighted by molar-refractivity contribution is -0.129. The molecule has 0 bridgehead atoms. The zero-order valence-corrected chi connectivity index (χ0v) is 12.7. The first kappa shape index (κ1) is 16.0. The van der Waals surface area contributed by atoms with Crippen LogP contribution in [-0.4, -0.2) is 12.5 Å². The molecule has 1 N–H and O–H groups in total. The van der Waals surface area contributed by atoms with Crippen LogP contribution in [-0.2, 0) is 4.79 Å². The Morgan fingerprint density at radius 1 is 1.32 bits per heavy atom. The summed E-state index contributed by atoms with van der Waals surface area (Å²) in [6, 6.07) is 2.29. The van der Waals surface area contributed by atoms with Crippen molar-refractivity contribution >= 4 is 5.91 Å². The van der Waals surface area contributed by atoms with Crippen LogP contribution in [0.1, 0.15) is 65.7 Å². The first-order chi connectivity index (χ1) is 9.09. The van der Waals surface area contributed by atoms with Gasteiger partial charge in [0.2, 0.25) is 5.91 Å². The van der Waals surface area contributed by atoms with Crippen LogP contribution < -0.4 is 5.32 Å². The van der Waals surface area contributed by atoms with Crippen LogP contribution >= 0.6 is 0 Å². The lowest BCUT2D eigenvalue weighted by atomic mass is 9.79. The fraction of sp³-hybridized carbons (Fsp3) is 0.875. The number of nitrogens with one attached hydrogen (secondary N) is 1. The maximum Gasteiger partial charge on any atom is 0.240 e. The Bertz CT molecular complexity index is 326. The van der Waals surface area contributed by atoms with E-state index in [-0.39, 0.29) is 5.91 Å². The third kappa shape index (κ3) is 3.96. The minimum atomic E-state index is -0.800. The van der Waals surface area contributed by atoms with Gasteiger partial charge in [0, 0.05) is 6.54 Å². The number of hydrogen-bond acceptors (Lipinski definition) is 2. The molecule has 0 aliphatic heterocycles. The van der Waals surface area contributed by atoms with E-state index in [4.69, 9.17) is 0 Å². The summed E-state index contributed by atoms with van der Waals surface area (Å²) in [5, 5.41) is 12.5. The molecule has 3 heteroatoms. The van der Waals surface area contributed by atoms with E-state index < -0.39 is 5.41 Å². The predicted molar refractivity (Wildman–Crippen MR) is 77.4 cm³/mol. The van der Waals surface area contributed by atoms with Crippen molar-refractivity contribution in [1.82, 2.24) is 5.32 Å². The minimum Gasteiger partial charge on any atom is -0.354 e. The Balaban J connectivity index is 2.59. The van der Waals surface area contributed by atoms with Crippen molar-refractivity contribution in [3.05, 3.63) is 0 Å². The molecule has 108 valence electrons. The van der Waals surface area contributed by atoms with E-state index in [0.717, 1.165) is 19.4 Å². The largest absolute Gasteiger partial charge is 0.354 e. The Hall–Kier alpha value is -1.04. The van der Waals surface area contributed by atoms with Crippen LogP contribution in [0.5, 0.6) is 0 Å². The first-order valence-corrected chi connectivity index (χ1v) is 7.79. The molecule has 0 aromatic heterocycles. The molecule has 1 aliphatic rings. The lowest BCUT2D eigenvalue weighted by Crippen LogP contribution is -2.42. The highest BCUT2D eigenvalue weighted by Crippen LogP contribution is 2.32. The topological polar surface area (TPSA) is 52.9 Å². The van der Waals surface area contributed by atoms with Crippen molar-refractivity contribution in [2.24, 2.45) is 17.3 Å². The minimum absolute atomic E-state index is 0.0437. The normalized spacial score (nSPS) is 23.1. The standard InChI is InChI=1S/C16H28N2O/c1-4-9-16(12-17,10-5-2)15(19)18-11-14-8-6-7-13(14)3/h13-14H,4-11H2,1-3H3,(H,18,19). The SMILES string of the molecule is CCCC(C#N)(CCC)C(=O)NCC1CCCC1C. The van der Waals surface area contributed by atoms with Crippen LogP contribution in [0.3, 0.4) is 0 Å². The van der Waals surface area contributed by atoms with Crippen molar-refractivity contribution in [2.45, 2.75) is 65.7 Å². The molecule has 1 amide bonds. The highest BCUT2D eigenvalue weighted by molar-refractivity contribution is 5.85. The molecule has 0 spiro atoms. The van der Waals surface area contributed by atoms with E-state index in [1.165, 1.54) is 19.3 Å². The Kier molecular flexibility index (Phi) is 6.34. The maximum absolute atomic E-state index is 12.4. The summed E-state index contributed by atoms with van der Waals surface area (Å²) in [6.07, 6.45) is 6.85. The molecule has 3 nitrogen and oxygen atoms in total. The second kappa shape index (κ2) is 7.53. The first-order valence-electron chi connectivity index (χ1n) is 7.79. The Labute approximate surface area is 117 Å². The number of hydrogen-bond donors (Lipinski definition) is 1. The number of carbonyl (C=O) groups excluding carboxylic acids is 1. The van der Waals surface area contributed by atoms with Gasteiger partial charge in [-0.25, -0.2) is 0 Å². The Morgan fingerprint density at radius 3 is 2.37 bits per heavy atom. The van der Waals surface area contributed by atoms with Crippen LogP contribution in [0.15, 0.2) is 0 Å². The predicted octanol–water partition coefficient (Wildman–Crippen LogP) is 3.65. The second-order valence-electron chi connectivity index (χ2n) is 6.07. The summed E-state index contributed by atoms with van der Waals surface area (Å²) in [7, 11) is 0. The number of nitrogens with zero attached hydrogens (tertiary/aromatic N) is 1. The average molecular weight is 264 g/mol. The number of amides is 1. The molecule has 0 aromatic rings. The second-order valence-corrected chi connectivity index (χ2v) is 6.07. The summed E-state index contributed by atoms with van der Waals surface area (Å²) in [5.41, 5.74) is -0.800. The smallest absolute Gasteiger partial charge is 0.240 e. The van der Waals surface area contributed by atoms with Gasteiger partial charge in [0.1, 0.15) is 5.41 Å². The van der Waals surface area contributed by atoms with Crippen molar-refractivity contribution < 1.29 is 4.79 Å². The summed E-state index contributed by atoms with van der Waals surface area (Å²) in [5.74, 6) is 1.26. The summed E-state index contributed by atoms with van der Waals surface area (Å²) < 4.78 is 0. The molecule has 0 saturated heterocycles. The van der Waals surface area contributed by atoms with Crippen molar-refractivity contribution in [1.29, 1.82) is 5.26 Å². The van der Waals surface area contributed by atoms with Crippen LogP contribution in [0.2, 0.25) is 0 Å². The van der Waals surface area contributed by atoms with Gasteiger partial charge in [-0.3, -0.25) is 4.79 Å². The van der Waals surface area contributed by atoms with Gasteiger partial charge in [0.15, 0.2) is 0 Å². The van der Waals surface area contributed by atoms with Crippen molar-refractivity contribution in [2.75, 3.05) is 6.54 Å². The molecule has 2 atom stereocenters. The molecule has 0 aromatic carbocycles. The van der Waals surface area contributed by atoms with Crippen molar-refractivity contribution in [3.8, 4) is 6.07 Å². The molecule has 1 rings (SSSR count). The number of carbonyl (C=O) groups is 1. The zero-order chi connectivity index (χ0) is 14.3. The van der Waals surface area contributed by atoms with Gasteiger partial charge >= 0.3 is 0 Å². The fourth-order valence-corrected chi connectivity index (χ4v) is 3.29. The van der Waals surface area contributed by atoms with Crippen LogP contribution in [0, 0.1) is 28.6 Å². The van der Waals surface area contributed by atoms with E-state index in [1.54, 1.807) is 0 Å². The average Bonchev–Trinajstić information content (AvgIpc) is 2.81. The van der Waals surface area contributed by atoms with Gasteiger partial charge in [-0.1, -0.05) is 46.5 Å². The molecule has 1 saturated carbocycles. The zero-order valence-electron chi connectivity index (χ0n) is 12.7. The molecule has 19 heavy (non-hydrogen) atoms. The summed E-state index contributed by atoms with van der Waals surface area (Å²) in [4.78, 5) is 12.4. The molecule has 1 aliphatic carbocycles. The molecule has 0 heterocycles. The maximum atomic E-state index is 12.4. The highest BCUT2D eigenvalue weighted by Gasteiger charge is 2.37. The van der Waals surface area contributed by atoms with E-state index >= 15 is 0 Å². The van der Waals surface area contributed by atoms with E-state index in [9.17, 15) is 10.1 Å².